The van der Waals surface area contributed by atoms with Crippen LogP contribution in [-0.2, 0) is 19.2 Å². The second kappa shape index (κ2) is 15.4. The predicted octanol–water partition coefficient (Wildman–Crippen LogP) is 1.51. The Kier molecular flexibility index (Phi) is 13.3. The molecular formula is C25H46N6O4. The number of rotatable bonds is 7. The average molecular weight is 495 g/mol. The molecule has 0 bridgehead atoms. The number of ketones is 1. The summed E-state index contributed by atoms with van der Waals surface area (Å²) >= 11 is 0. The lowest BCUT2D eigenvalue weighted by Crippen LogP contribution is -2.54. The van der Waals surface area contributed by atoms with Crippen LogP contribution in [0.15, 0.2) is 4.99 Å². The first-order valence-corrected chi connectivity index (χ1v) is 13.0. The maximum Gasteiger partial charge on any atom is 0.242 e. The van der Waals surface area contributed by atoms with Crippen LogP contribution in [0, 0.1) is 11.8 Å². The van der Waals surface area contributed by atoms with Crippen LogP contribution < -0.4 is 27.4 Å². The zero-order valence-electron chi connectivity index (χ0n) is 22.0. The predicted molar refractivity (Wildman–Crippen MR) is 137 cm³/mol. The van der Waals surface area contributed by atoms with Crippen molar-refractivity contribution in [1.29, 1.82) is 0 Å². The first-order chi connectivity index (χ1) is 16.5. The van der Waals surface area contributed by atoms with Crippen molar-refractivity contribution in [1.82, 2.24) is 16.0 Å². The molecule has 0 aliphatic carbocycles. The number of aliphatic imine (C=N–C) groups is 1. The molecule has 10 nitrogen and oxygen atoms in total. The van der Waals surface area contributed by atoms with Crippen LogP contribution in [0.1, 0.15) is 91.9 Å². The van der Waals surface area contributed by atoms with Crippen LogP contribution in [0.5, 0.6) is 0 Å². The Hall–Kier alpha value is -2.65. The monoisotopic (exact) mass is 494 g/mol. The van der Waals surface area contributed by atoms with Crippen LogP contribution in [0.4, 0.5) is 0 Å². The molecule has 7 N–H and O–H groups in total. The van der Waals surface area contributed by atoms with Crippen molar-refractivity contribution in [3.8, 4) is 0 Å². The van der Waals surface area contributed by atoms with Gasteiger partial charge in [-0.05, 0) is 39.0 Å². The third-order valence-corrected chi connectivity index (χ3v) is 6.54. The molecule has 3 amide bonds. The second-order valence-corrected chi connectivity index (χ2v) is 10.0. The van der Waals surface area contributed by atoms with E-state index in [1.54, 1.807) is 20.8 Å². The highest BCUT2D eigenvalue weighted by atomic mass is 16.2. The minimum absolute atomic E-state index is 0.0322. The molecule has 0 saturated carbocycles. The van der Waals surface area contributed by atoms with Crippen molar-refractivity contribution in [3.05, 3.63) is 0 Å². The van der Waals surface area contributed by atoms with Crippen molar-refractivity contribution in [2.75, 3.05) is 13.1 Å². The number of guanidine groups is 1. The van der Waals surface area contributed by atoms with E-state index < -0.39 is 17.5 Å². The highest BCUT2D eigenvalue weighted by Gasteiger charge is 2.37. The summed E-state index contributed by atoms with van der Waals surface area (Å²) in [4.78, 5) is 55.9. The molecule has 1 heterocycles. The molecule has 1 saturated heterocycles. The topological polar surface area (TPSA) is 169 Å². The smallest absolute Gasteiger partial charge is 0.242 e. The minimum Gasteiger partial charge on any atom is -0.370 e. The molecular weight excluding hydrogens is 448 g/mol. The summed E-state index contributed by atoms with van der Waals surface area (Å²) in [6.45, 7) is 8.06. The van der Waals surface area contributed by atoms with Crippen LogP contribution in [0.2, 0.25) is 0 Å². The van der Waals surface area contributed by atoms with E-state index in [2.05, 4.69) is 20.9 Å². The molecule has 0 aromatic rings. The molecule has 0 unspecified atom stereocenters. The zero-order valence-corrected chi connectivity index (χ0v) is 22.0. The van der Waals surface area contributed by atoms with E-state index >= 15 is 0 Å². The van der Waals surface area contributed by atoms with Gasteiger partial charge < -0.3 is 27.4 Å². The normalized spacial score (nSPS) is 25.5. The highest BCUT2D eigenvalue weighted by molar-refractivity contribution is 5.96. The van der Waals surface area contributed by atoms with Crippen molar-refractivity contribution in [2.24, 2.45) is 28.3 Å². The van der Waals surface area contributed by atoms with Crippen LogP contribution in [0.25, 0.3) is 0 Å². The standard InChI is InChI=1S/C25H46N6O4/c1-5-19-23(35)28-14-10-8-6-7-9-13-25(4,31-21(33)17(2)3)20(32)16-18(22(34)30-19)12-11-15-29-24(26)27/h17-19H,5-16H2,1-4H3,(H,28,35)(H,30,34)(H,31,33)(H4,26,27,29)/t18-,19+,25+/m1/s1. The minimum atomic E-state index is -1.06. The van der Waals surface area contributed by atoms with Gasteiger partial charge in [0.2, 0.25) is 17.7 Å². The zero-order chi connectivity index (χ0) is 26.4. The number of amides is 3. The molecule has 1 aliphatic rings. The van der Waals surface area contributed by atoms with Gasteiger partial charge in [-0.15, -0.1) is 0 Å². The quantitative estimate of drug-likeness (QED) is 0.204. The highest BCUT2D eigenvalue weighted by Crippen LogP contribution is 2.24. The molecule has 200 valence electrons. The van der Waals surface area contributed by atoms with Crippen LogP contribution in [0.3, 0.4) is 0 Å². The largest absolute Gasteiger partial charge is 0.370 e. The first-order valence-electron chi connectivity index (χ1n) is 13.0. The van der Waals surface area contributed by atoms with Gasteiger partial charge in [0.1, 0.15) is 6.04 Å². The van der Waals surface area contributed by atoms with E-state index in [4.69, 9.17) is 11.5 Å². The SMILES string of the molecule is CC[C@@H]1NC(=O)[C@H](CCCN=C(N)N)CC(=O)[C@@](C)(NC(=O)C(C)C)CCCCCCCNC1=O. The molecule has 35 heavy (non-hydrogen) atoms. The summed E-state index contributed by atoms with van der Waals surface area (Å²) < 4.78 is 0. The van der Waals surface area contributed by atoms with Crippen LogP contribution >= 0.6 is 0 Å². The van der Waals surface area contributed by atoms with E-state index in [9.17, 15) is 19.2 Å². The van der Waals surface area contributed by atoms with Crippen molar-refractivity contribution in [2.45, 2.75) is 103 Å². The lowest BCUT2D eigenvalue weighted by atomic mass is 9.82. The summed E-state index contributed by atoms with van der Waals surface area (Å²) in [7, 11) is 0. The molecule has 0 radical (unpaired) electrons. The van der Waals surface area contributed by atoms with Crippen molar-refractivity contribution < 1.29 is 19.2 Å². The maximum absolute atomic E-state index is 13.6. The van der Waals surface area contributed by atoms with Gasteiger partial charge in [0.25, 0.3) is 0 Å². The van der Waals surface area contributed by atoms with E-state index in [1.165, 1.54) is 0 Å². The van der Waals surface area contributed by atoms with Gasteiger partial charge in [0.05, 0.1) is 5.54 Å². The number of carbonyl (C=O) groups excluding carboxylic acids is 4. The van der Waals surface area contributed by atoms with E-state index in [-0.39, 0.29) is 41.8 Å². The van der Waals surface area contributed by atoms with Gasteiger partial charge in [0, 0.05) is 31.3 Å². The number of nitrogens with zero attached hydrogens (tertiary/aromatic N) is 1. The third kappa shape index (κ3) is 11.1. The molecule has 10 heteroatoms. The Labute approximate surface area is 209 Å². The fourth-order valence-electron chi connectivity index (χ4n) is 4.12. The Morgan fingerprint density at radius 2 is 1.77 bits per heavy atom. The summed E-state index contributed by atoms with van der Waals surface area (Å²) in [5.74, 6) is -1.90. The number of nitrogens with two attached hydrogens (primary N) is 2. The van der Waals surface area contributed by atoms with Gasteiger partial charge in [-0.2, -0.15) is 0 Å². The molecule has 1 aliphatic heterocycles. The van der Waals surface area contributed by atoms with Gasteiger partial charge in [-0.1, -0.05) is 46.5 Å². The van der Waals surface area contributed by atoms with Crippen molar-refractivity contribution in [3.63, 3.8) is 0 Å². The van der Waals surface area contributed by atoms with E-state index in [0.717, 1.165) is 32.1 Å². The Balaban J connectivity index is 3.17. The number of carbonyl (C=O) groups is 4. The van der Waals surface area contributed by atoms with Gasteiger partial charge >= 0.3 is 0 Å². The summed E-state index contributed by atoms with van der Waals surface area (Å²) in [5, 5.41) is 8.69. The lowest BCUT2D eigenvalue weighted by Gasteiger charge is -2.32. The number of hydrogen-bond acceptors (Lipinski definition) is 5. The second-order valence-electron chi connectivity index (χ2n) is 10.0. The molecule has 1 rings (SSSR count). The van der Waals surface area contributed by atoms with Gasteiger partial charge in [0.15, 0.2) is 11.7 Å². The number of Topliss-reactive ketones (excluding diaryl/α,β-unsaturated/α-hetero) is 1. The number of nitrogens with one attached hydrogen (secondary N) is 3. The third-order valence-electron chi connectivity index (χ3n) is 6.54. The molecule has 3 atom stereocenters. The Morgan fingerprint density at radius 1 is 1.11 bits per heavy atom. The van der Waals surface area contributed by atoms with Crippen molar-refractivity contribution >= 4 is 29.5 Å². The summed E-state index contributed by atoms with van der Waals surface area (Å²) in [5.41, 5.74) is 9.73. The van der Waals surface area contributed by atoms with E-state index in [0.29, 0.717) is 38.8 Å². The van der Waals surface area contributed by atoms with Gasteiger partial charge in [-0.25, -0.2) is 0 Å². The Bertz CT molecular complexity index is 750. The van der Waals surface area contributed by atoms with Gasteiger partial charge in [-0.3, -0.25) is 24.2 Å². The Morgan fingerprint density at radius 3 is 2.40 bits per heavy atom. The molecule has 0 aromatic heterocycles. The number of hydrogen-bond donors (Lipinski definition) is 5. The molecule has 1 fully saturated rings. The van der Waals surface area contributed by atoms with Crippen LogP contribution in [-0.4, -0.2) is 54.1 Å². The maximum atomic E-state index is 13.6. The molecule has 0 aromatic carbocycles. The fourth-order valence-corrected chi connectivity index (χ4v) is 4.12. The van der Waals surface area contributed by atoms with E-state index in [1.807, 2.05) is 6.92 Å². The average Bonchev–Trinajstić information content (AvgIpc) is 2.79. The lowest BCUT2D eigenvalue weighted by molar-refractivity contribution is -0.137. The summed E-state index contributed by atoms with van der Waals surface area (Å²) in [6, 6.07) is -0.669. The summed E-state index contributed by atoms with van der Waals surface area (Å²) in [6.07, 6.45) is 6.30. The molecule has 0 spiro atoms. The first kappa shape index (κ1) is 30.4. The fraction of sp³-hybridized carbons (Fsp3) is 0.800.